The highest BCUT2D eigenvalue weighted by Gasteiger charge is 2.28. The zero-order valence-corrected chi connectivity index (χ0v) is 14.5. The van der Waals surface area contributed by atoms with E-state index in [0.29, 0.717) is 12.2 Å². The summed E-state index contributed by atoms with van der Waals surface area (Å²) in [6.45, 7) is 3.78. The number of carbonyl (C=O) groups excluding carboxylic acids is 2. The highest BCUT2D eigenvalue weighted by molar-refractivity contribution is 8.00. The first kappa shape index (κ1) is 19.3. The second-order valence-electron chi connectivity index (χ2n) is 5.49. The number of esters is 2. The maximum atomic E-state index is 11.6. The molecule has 0 aromatic heterocycles. The zero-order valence-electron chi connectivity index (χ0n) is 13.7. The number of ether oxygens (including phenoxy) is 3. The molecule has 0 amide bonds. The molecule has 128 valence electrons. The average Bonchev–Trinajstić information content (AvgIpc) is 2.91. The lowest BCUT2D eigenvalue weighted by molar-refractivity contribution is -0.175. The van der Waals surface area contributed by atoms with Crippen LogP contribution in [0.2, 0.25) is 0 Å². The molecule has 1 heterocycles. The molecular weight excluding hydrogens is 304 g/mol. The van der Waals surface area contributed by atoms with Crippen LogP contribution in [0, 0.1) is 0 Å². The minimum absolute atomic E-state index is 0.173. The minimum atomic E-state index is -0.519. The second-order valence-corrected chi connectivity index (χ2v) is 6.68. The largest absolute Gasteiger partial charge is 0.462 e. The van der Waals surface area contributed by atoms with Crippen LogP contribution in [0.15, 0.2) is 0 Å². The van der Waals surface area contributed by atoms with E-state index in [-0.39, 0.29) is 24.0 Å². The van der Waals surface area contributed by atoms with Crippen LogP contribution in [0.3, 0.4) is 0 Å². The molecule has 22 heavy (non-hydrogen) atoms. The van der Waals surface area contributed by atoms with Crippen LogP contribution in [-0.4, -0.2) is 36.0 Å². The fourth-order valence-electron chi connectivity index (χ4n) is 2.23. The molecule has 5 nitrogen and oxygen atoms in total. The summed E-state index contributed by atoms with van der Waals surface area (Å²) in [7, 11) is 0. The number of hydrogen-bond donors (Lipinski definition) is 0. The topological polar surface area (TPSA) is 61.8 Å². The first-order chi connectivity index (χ1) is 10.6. The molecule has 0 N–H and O–H groups in total. The van der Waals surface area contributed by atoms with E-state index in [9.17, 15) is 9.59 Å². The summed E-state index contributed by atoms with van der Waals surface area (Å²) in [5.41, 5.74) is -0.234. The molecule has 1 aliphatic rings. The Hall–Kier alpha value is -0.750. The summed E-state index contributed by atoms with van der Waals surface area (Å²) in [6, 6.07) is 0. The molecule has 1 rings (SSSR count). The van der Waals surface area contributed by atoms with E-state index >= 15 is 0 Å². The number of unbranched alkanes of at least 4 members (excludes halogenated alkanes) is 6. The van der Waals surface area contributed by atoms with Crippen molar-refractivity contribution in [3.05, 3.63) is 0 Å². The Morgan fingerprint density at radius 3 is 2.50 bits per heavy atom. The molecule has 1 saturated heterocycles. The Labute approximate surface area is 137 Å². The lowest BCUT2D eigenvalue weighted by atomic mass is 10.1. The van der Waals surface area contributed by atoms with Gasteiger partial charge in [0.15, 0.2) is 0 Å². The predicted octanol–water partition coefficient (Wildman–Crippen LogP) is 3.65. The molecule has 0 saturated carbocycles. The molecule has 0 radical (unpaired) electrons. The molecule has 0 aromatic carbocycles. The summed E-state index contributed by atoms with van der Waals surface area (Å²) in [4.78, 5) is 22.4. The van der Waals surface area contributed by atoms with E-state index < -0.39 is 6.29 Å². The lowest BCUT2D eigenvalue weighted by Gasteiger charge is -2.12. The van der Waals surface area contributed by atoms with Gasteiger partial charge in [-0.15, -0.1) is 11.8 Å². The smallest absolute Gasteiger partial charge is 0.305 e. The van der Waals surface area contributed by atoms with Crippen molar-refractivity contribution in [1.29, 1.82) is 0 Å². The van der Waals surface area contributed by atoms with Crippen LogP contribution in [0.1, 0.15) is 65.2 Å². The van der Waals surface area contributed by atoms with Gasteiger partial charge in [-0.3, -0.25) is 9.59 Å². The van der Waals surface area contributed by atoms with Crippen LogP contribution in [0.25, 0.3) is 0 Å². The highest BCUT2D eigenvalue weighted by Crippen LogP contribution is 2.26. The van der Waals surface area contributed by atoms with Gasteiger partial charge in [0.1, 0.15) is 12.0 Å². The van der Waals surface area contributed by atoms with E-state index in [1.807, 2.05) is 0 Å². The molecule has 2 unspecified atom stereocenters. The summed E-state index contributed by atoms with van der Waals surface area (Å²) in [6.07, 6.45) is 8.23. The Bertz CT molecular complexity index is 334. The second kappa shape index (κ2) is 11.8. The van der Waals surface area contributed by atoms with Crippen molar-refractivity contribution in [2.75, 3.05) is 12.4 Å². The van der Waals surface area contributed by atoms with E-state index in [1.54, 1.807) is 0 Å². The van der Waals surface area contributed by atoms with Gasteiger partial charge in [-0.25, -0.2) is 0 Å². The monoisotopic (exact) mass is 332 g/mol. The van der Waals surface area contributed by atoms with Gasteiger partial charge in [-0.2, -0.15) is 0 Å². The van der Waals surface area contributed by atoms with Crippen molar-refractivity contribution in [3.63, 3.8) is 0 Å². The van der Waals surface area contributed by atoms with Crippen molar-refractivity contribution in [1.82, 2.24) is 0 Å². The van der Waals surface area contributed by atoms with Gasteiger partial charge < -0.3 is 14.2 Å². The predicted molar refractivity (Wildman–Crippen MR) is 86.5 cm³/mol. The quantitative estimate of drug-likeness (QED) is 0.425. The number of hydrogen-bond acceptors (Lipinski definition) is 6. The minimum Gasteiger partial charge on any atom is -0.462 e. The van der Waals surface area contributed by atoms with Gasteiger partial charge in [-0.1, -0.05) is 45.4 Å². The first-order valence-electron chi connectivity index (χ1n) is 8.21. The van der Waals surface area contributed by atoms with Gasteiger partial charge in [0.25, 0.3) is 0 Å². The molecular formula is C16H28O5S. The lowest BCUT2D eigenvalue weighted by Crippen LogP contribution is -2.22. The van der Waals surface area contributed by atoms with E-state index in [2.05, 4.69) is 6.92 Å². The van der Waals surface area contributed by atoms with Crippen molar-refractivity contribution >= 4 is 23.7 Å². The number of thioether (sulfide) groups is 1. The molecule has 1 fully saturated rings. The Balaban J connectivity index is 1.96. The van der Waals surface area contributed by atoms with E-state index in [0.717, 1.165) is 12.8 Å². The third-order valence-corrected chi connectivity index (χ3v) is 4.47. The van der Waals surface area contributed by atoms with Crippen LogP contribution < -0.4 is 0 Å². The van der Waals surface area contributed by atoms with Gasteiger partial charge in [0.2, 0.25) is 6.29 Å². The van der Waals surface area contributed by atoms with Gasteiger partial charge in [0.05, 0.1) is 5.75 Å². The third-order valence-electron chi connectivity index (χ3n) is 3.38. The van der Waals surface area contributed by atoms with Crippen molar-refractivity contribution < 1.29 is 23.8 Å². The molecule has 6 heteroatoms. The third kappa shape index (κ3) is 9.30. The highest BCUT2D eigenvalue weighted by atomic mass is 32.2. The molecule has 2 atom stereocenters. The Morgan fingerprint density at radius 2 is 1.82 bits per heavy atom. The average molecular weight is 332 g/mol. The molecule has 0 spiro atoms. The fraction of sp³-hybridized carbons (Fsp3) is 0.875. The van der Waals surface area contributed by atoms with Gasteiger partial charge in [-0.05, 0) is 6.42 Å². The Kier molecular flexibility index (Phi) is 10.3. The molecule has 0 aromatic rings. The maximum Gasteiger partial charge on any atom is 0.305 e. The number of carbonyl (C=O) groups is 2. The molecule has 0 bridgehead atoms. The summed E-state index contributed by atoms with van der Waals surface area (Å²) < 4.78 is 15.6. The standard InChI is InChI=1S/C16H28O5S/c1-3-4-5-6-7-8-9-10-14(18)19-11-16-21-15(12-22-16)20-13(2)17/h15-16H,3-12H2,1-2H3. The van der Waals surface area contributed by atoms with Crippen LogP contribution in [0.4, 0.5) is 0 Å². The van der Waals surface area contributed by atoms with Crippen molar-refractivity contribution in [3.8, 4) is 0 Å². The zero-order chi connectivity index (χ0) is 16.2. The maximum absolute atomic E-state index is 11.6. The van der Waals surface area contributed by atoms with Gasteiger partial charge >= 0.3 is 11.9 Å². The van der Waals surface area contributed by atoms with Crippen LogP contribution >= 0.6 is 11.8 Å². The SMILES string of the molecule is CCCCCCCCCC(=O)OCC1OC(OC(C)=O)CS1. The van der Waals surface area contributed by atoms with E-state index in [4.69, 9.17) is 14.2 Å². The first-order valence-corrected chi connectivity index (χ1v) is 9.26. The fourth-order valence-corrected chi connectivity index (χ4v) is 3.11. The van der Waals surface area contributed by atoms with Crippen molar-refractivity contribution in [2.24, 2.45) is 0 Å². The van der Waals surface area contributed by atoms with Crippen LogP contribution in [-0.2, 0) is 23.8 Å². The number of rotatable bonds is 11. The summed E-state index contributed by atoms with van der Waals surface area (Å²) in [5, 5.41) is 0. The Morgan fingerprint density at radius 1 is 1.14 bits per heavy atom. The summed E-state index contributed by atoms with van der Waals surface area (Å²) in [5.74, 6) is 0.0513. The van der Waals surface area contributed by atoms with Crippen LogP contribution in [0.5, 0.6) is 0 Å². The normalized spacial score (nSPS) is 20.8. The van der Waals surface area contributed by atoms with Gasteiger partial charge in [0, 0.05) is 13.3 Å². The molecule has 0 aliphatic carbocycles. The van der Waals surface area contributed by atoms with E-state index in [1.165, 1.54) is 50.8 Å². The summed E-state index contributed by atoms with van der Waals surface area (Å²) >= 11 is 1.50. The van der Waals surface area contributed by atoms with Crippen molar-refractivity contribution in [2.45, 2.75) is 76.9 Å². The molecule has 1 aliphatic heterocycles.